The third-order valence-electron chi connectivity index (χ3n) is 2.95. The molecule has 0 aromatic carbocycles. The monoisotopic (exact) mass is 249 g/mol. The van der Waals surface area contributed by atoms with E-state index in [9.17, 15) is 8.42 Å². The normalized spacial score (nSPS) is 20.1. The molecule has 1 atom stereocenters. The second-order valence-electron chi connectivity index (χ2n) is 4.36. The molecule has 0 aromatic heterocycles. The highest BCUT2D eigenvalue weighted by Gasteiger charge is 2.19. The Labute approximate surface area is 98.6 Å². The van der Waals surface area contributed by atoms with E-state index in [1.165, 1.54) is 12.8 Å². The lowest BCUT2D eigenvalue weighted by atomic mass is 10.4. The zero-order valence-electron chi connectivity index (χ0n) is 10.2. The summed E-state index contributed by atoms with van der Waals surface area (Å²) < 4.78 is 26.1. The average molecular weight is 249 g/mol. The molecule has 0 aromatic rings. The molecule has 1 saturated heterocycles. The van der Waals surface area contributed by atoms with Crippen LogP contribution in [0, 0.1) is 0 Å². The number of rotatable bonds is 7. The van der Waals surface area contributed by atoms with Gasteiger partial charge in [0.25, 0.3) is 0 Å². The van der Waals surface area contributed by atoms with E-state index in [0.717, 1.165) is 19.6 Å². The van der Waals surface area contributed by atoms with Crippen LogP contribution in [0.25, 0.3) is 0 Å². The quantitative estimate of drug-likeness (QED) is 0.645. The first-order chi connectivity index (χ1) is 7.56. The van der Waals surface area contributed by atoms with Crippen molar-refractivity contribution in [1.82, 2.24) is 14.9 Å². The highest BCUT2D eigenvalue weighted by Crippen LogP contribution is 2.05. The van der Waals surface area contributed by atoms with E-state index in [1.54, 1.807) is 14.0 Å². The van der Waals surface area contributed by atoms with Crippen molar-refractivity contribution < 1.29 is 8.42 Å². The number of nitrogens with zero attached hydrogens (tertiary/aromatic N) is 1. The number of nitrogens with one attached hydrogen (secondary N) is 2. The predicted octanol–water partition coefficient (Wildman–Crippen LogP) is -0.390. The summed E-state index contributed by atoms with van der Waals surface area (Å²) in [4.78, 5) is 2.30. The second kappa shape index (κ2) is 6.54. The number of likely N-dealkylation sites (tertiary alicyclic amines) is 1. The van der Waals surface area contributed by atoms with Gasteiger partial charge in [0.1, 0.15) is 0 Å². The zero-order valence-corrected chi connectivity index (χ0v) is 11.0. The third kappa shape index (κ3) is 4.37. The molecule has 16 heavy (non-hydrogen) atoms. The van der Waals surface area contributed by atoms with E-state index in [1.807, 2.05) is 0 Å². The van der Waals surface area contributed by atoms with Crippen molar-refractivity contribution in [3.05, 3.63) is 0 Å². The van der Waals surface area contributed by atoms with Crippen molar-refractivity contribution in [3.8, 4) is 0 Å². The lowest BCUT2D eigenvalue weighted by Crippen LogP contribution is -2.41. The molecule has 96 valence electrons. The van der Waals surface area contributed by atoms with Crippen molar-refractivity contribution >= 4 is 10.0 Å². The number of sulfonamides is 1. The second-order valence-corrected chi connectivity index (χ2v) is 6.54. The lowest BCUT2D eigenvalue weighted by Gasteiger charge is -2.17. The first-order valence-corrected chi connectivity index (χ1v) is 7.46. The summed E-state index contributed by atoms with van der Waals surface area (Å²) in [5, 5.41) is 2.50. The molecule has 1 aliphatic heterocycles. The summed E-state index contributed by atoms with van der Waals surface area (Å²) >= 11 is 0. The van der Waals surface area contributed by atoms with Gasteiger partial charge in [0.15, 0.2) is 0 Å². The van der Waals surface area contributed by atoms with E-state index in [4.69, 9.17) is 0 Å². The highest BCUT2D eigenvalue weighted by molar-refractivity contribution is 7.90. The summed E-state index contributed by atoms with van der Waals surface area (Å²) in [6.07, 6.45) is 2.48. The van der Waals surface area contributed by atoms with E-state index in [2.05, 4.69) is 14.9 Å². The summed E-state index contributed by atoms with van der Waals surface area (Å²) in [5.41, 5.74) is 0. The Morgan fingerprint density at radius 1 is 1.31 bits per heavy atom. The van der Waals surface area contributed by atoms with Crippen LogP contribution < -0.4 is 10.0 Å². The number of hydrogen-bond donors (Lipinski definition) is 2. The van der Waals surface area contributed by atoms with E-state index >= 15 is 0 Å². The molecule has 0 saturated carbocycles. The van der Waals surface area contributed by atoms with E-state index in [-0.39, 0.29) is 5.25 Å². The fraction of sp³-hybridized carbons (Fsp3) is 1.00. The van der Waals surface area contributed by atoms with Crippen LogP contribution in [0.3, 0.4) is 0 Å². The fourth-order valence-corrected chi connectivity index (χ4v) is 2.94. The van der Waals surface area contributed by atoms with Gasteiger partial charge >= 0.3 is 0 Å². The molecule has 5 nitrogen and oxygen atoms in total. The molecule has 2 N–H and O–H groups in total. The van der Waals surface area contributed by atoms with Gasteiger partial charge in [-0.15, -0.1) is 0 Å². The van der Waals surface area contributed by atoms with Crippen molar-refractivity contribution in [2.45, 2.75) is 25.0 Å². The van der Waals surface area contributed by atoms with Gasteiger partial charge in [0.05, 0.1) is 5.25 Å². The molecule has 1 aliphatic rings. The summed E-state index contributed by atoms with van der Waals surface area (Å²) in [6, 6.07) is 0. The molecule has 1 unspecified atom stereocenters. The van der Waals surface area contributed by atoms with E-state index in [0.29, 0.717) is 13.1 Å². The van der Waals surface area contributed by atoms with Crippen LogP contribution in [0.4, 0.5) is 0 Å². The molecular formula is C10H23N3O2S. The first kappa shape index (κ1) is 13.9. The minimum atomic E-state index is -3.15. The Hall–Kier alpha value is -0.170. The van der Waals surface area contributed by atoms with Crippen LogP contribution in [-0.2, 0) is 10.0 Å². The van der Waals surface area contributed by atoms with Crippen molar-refractivity contribution in [2.24, 2.45) is 0 Å². The van der Waals surface area contributed by atoms with Crippen LogP contribution >= 0.6 is 0 Å². The Balaban J connectivity index is 2.24. The average Bonchev–Trinajstić information content (AvgIpc) is 2.70. The van der Waals surface area contributed by atoms with Gasteiger partial charge < -0.3 is 10.2 Å². The molecule has 0 bridgehead atoms. The molecule has 0 amide bonds. The summed E-state index contributed by atoms with van der Waals surface area (Å²) in [6.45, 7) is 5.76. The Morgan fingerprint density at radius 3 is 2.50 bits per heavy atom. The lowest BCUT2D eigenvalue weighted by molar-refractivity contribution is 0.344. The zero-order chi connectivity index (χ0) is 12.0. The van der Waals surface area contributed by atoms with Gasteiger partial charge in [0.2, 0.25) is 10.0 Å². The Bertz CT molecular complexity index is 286. The molecule has 0 spiro atoms. The van der Waals surface area contributed by atoms with Crippen molar-refractivity contribution in [2.75, 3.05) is 39.8 Å². The molecular weight excluding hydrogens is 226 g/mol. The van der Waals surface area contributed by atoms with Crippen molar-refractivity contribution in [1.29, 1.82) is 0 Å². The van der Waals surface area contributed by atoms with E-state index < -0.39 is 10.0 Å². The highest BCUT2D eigenvalue weighted by atomic mass is 32.2. The summed E-state index contributed by atoms with van der Waals surface area (Å²) in [5.74, 6) is 0. The SMILES string of the molecule is CNCC(C)S(=O)(=O)NCCN1CCCC1. The topological polar surface area (TPSA) is 61.4 Å². The van der Waals surface area contributed by atoms with Crippen LogP contribution in [0.1, 0.15) is 19.8 Å². The summed E-state index contributed by atoms with van der Waals surface area (Å²) in [7, 11) is -1.39. The molecule has 1 heterocycles. The van der Waals surface area contributed by atoms with Gasteiger partial charge in [-0.05, 0) is 39.9 Å². The molecule has 6 heteroatoms. The fourth-order valence-electron chi connectivity index (χ4n) is 1.89. The molecule has 0 radical (unpaired) electrons. The maximum atomic E-state index is 11.7. The molecule has 1 fully saturated rings. The number of hydrogen-bond acceptors (Lipinski definition) is 4. The smallest absolute Gasteiger partial charge is 0.215 e. The van der Waals surface area contributed by atoms with Gasteiger partial charge in [-0.1, -0.05) is 0 Å². The maximum Gasteiger partial charge on any atom is 0.215 e. The van der Waals surface area contributed by atoms with Gasteiger partial charge in [-0.3, -0.25) is 0 Å². The standard InChI is InChI=1S/C10H23N3O2S/c1-10(9-11-2)16(14,15)12-5-8-13-6-3-4-7-13/h10-12H,3-9H2,1-2H3. The molecule has 0 aliphatic carbocycles. The first-order valence-electron chi connectivity index (χ1n) is 5.91. The van der Waals surface area contributed by atoms with Crippen molar-refractivity contribution in [3.63, 3.8) is 0 Å². The Morgan fingerprint density at radius 2 is 1.94 bits per heavy atom. The Kier molecular flexibility index (Phi) is 5.68. The van der Waals surface area contributed by atoms with Gasteiger partial charge in [0, 0.05) is 19.6 Å². The minimum absolute atomic E-state index is 0.379. The van der Waals surface area contributed by atoms with Crippen LogP contribution in [0.2, 0.25) is 0 Å². The van der Waals surface area contributed by atoms with Gasteiger partial charge in [-0.25, -0.2) is 13.1 Å². The van der Waals surface area contributed by atoms with Crippen LogP contribution in [0.5, 0.6) is 0 Å². The van der Waals surface area contributed by atoms with Crippen LogP contribution in [-0.4, -0.2) is 58.3 Å². The largest absolute Gasteiger partial charge is 0.318 e. The third-order valence-corrected chi connectivity index (χ3v) is 4.78. The van der Waals surface area contributed by atoms with Crippen LogP contribution in [0.15, 0.2) is 0 Å². The maximum absolute atomic E-state index is 11.7. The van der Waals surface area contributed by atoms with Gasteiger partial charge in [-0.2, -0.15) is 0 Å². The molecule has 1 rings (SSSR count). The minimum Gasteiger partial charge on any atom is -0.318 e. The predicted molar refractivity (Wildman–Crippen MR) is 66.0 cm³/mol.